The summed E-state index contributed by atoms with van der Waals surface area (Å²) in [5.74, 6) is -3.00. The van der Waals surface area contributed by atoms with Crippen LogP contribution in [-0.4, -0.2) is 25.7 Å². The number of carbonyl (C=O) groups is 1. The highest BCUT2D eigenvalue weighted by Crippen LogP contribution is 2.30. The highest BCUT2D eigenvalue weighted by Gasteiger charge is 2.26. The Kier molecular flexibility index (Phi) is 4.61. The van der Waals surface area contributed by atoms with E-state index in [1.54, 1.807) is 30.3 Å². The van der Waals surface area contributed by atoms with Crippen LogP contribution in [0.25, 0.3) is 5.69 Å². The zero-order valence-electron chi connectivity index (χ0n) is 13.0. The van der Waals surface area contributed by atoms with Gasteiger partial charge in [-0.05, 0) is 13.0 Å². The van der Waals surface area contributed by atoms with Crippen molar-refractivity contribution in [2.24, 2.45) is 0 Å². The summed E-state index contributed by atoms with van der Waals surface area (Å²) in [5.41, 5.74) is -0.267. The van der Waals surface area contributed by atoms with E-state index in [0.717, 1.165) is 10.6 Å². The van der Waals surface area contributed by atoms with Crippen molar-refractivity contribution in [3.8, 4) is 5.69 Å². The first-order valence-electron chi connectivity index (χ1n) is 7.25. The Morgan fingerprint density at radius 2 is 1.88 bits per heavy atom. The first kappa shape index (κ1) is 17.2. The second-order valence-electron chi connectivity index (χ2n) is 5.23. The van der Waals surface area contributed by atoms with Gasteiger partial charge < -0.3 is 5.11 Å². The van der Waals surface area contributed by atoms with Crippen molar-refractivity contribution < 1.29 is 18.7 Å². The van der Waals surface area contributed by atoms with Gasteiger partial charge in [0.05, 0.1) is 16.3 Å². The van der Waals surface area contributed by atoms with Crippen LogP contribution in [0.1, 0.15) is 27.6 Å². The predicted molar refractivity (Wildman–Crippen MR) is 86.8 cm³/mol. The Balaban J connectivity index is 2.33. The number of hydrogen-bond donors (Lipinski definition) is 1. The molecule has 5 nitrogen and oxygen atoms in total. The largest absolute Gasteiger partial charge is 0.388 e. The molecule has 0 saturated heterocycles. The minimum Gasteiger partial charge on any atom is -0.388 e. The molecule has 0 radical (unpaired) electrons. The van der Waals surface area contributed by atoms with E-state index >= 15 is 0 Å². The monoisotopic (exact) mass is 363 g/mol. The van der Waals surface area contributed by atoms with Crippen LogP contribution in [-0.2, 0) is 6.61 Å². The summed E-state index contributed by atoms with van der Waals surface area (Å²) < 4.78 is 29.9. The van der Waals surface area contributed by atoms with Crippen LogP contribution >= 0.6 is 11.6 Å². The Hall–Kier alpha value is -2.64. The summed E-state index contributed by atoms with van der Waals surface area (Å²) in [6.07, 6.45) is 0. The molecule has 1 aromatic heterocycles. The quantitative estimate of drug-likeness (QED) is 0.571. The minimum absolute atomic E-state index is 0.0276. The van der Waals surface area contributed by atoms with Crippen molar-refractivity contribution >= 4 is 17.4 Å². The van der Waals surface area contributed by atoms with Gasteiger partial charge in [0.25, 0.3) is 0 Å². The van der Waals surface area contributed by atoms with Crippen molar-refractivity contribution in [2.45, 2.75) is 13.5 Å². The van der Waals surface area contributed by atoms with Crippen LogP contribution in [0.2, 0.25) is 5.02 Å². The summed E-state index contributed by atoms with van der Waals surface area (Å²) in [6, 6.07) is 9.19. The van der Waals surface area contributed by atoms with E-state index in [1.165, 1.54) is 6.92 Å². The predicted octanol–water partition coefficient (Wildman–Crippen LogP) is 3.23. The van der Waals surface area contributed by atoms with Gasteiger partial charge in [0.15, 0.2) is 23.2 Å². The number of aliphatic hydroxyl groups is 1. The van der Waals surface area contributed by atoms with Crippen LogP contribution in [0.4, 0.5) is 8.78 Å². The van der Waals surface area contributed by atoms with Crippen molar-refractivity contribution in [1.29, 1.82) is 0 Å². The zero-order chi connectivity index (χ0) is 18.1. The molecule has 0 saturated carbocycles. The molecule has 0 fully saturated rings. The number of benzene rings is 2. The molecule has 0 aliphatic rings. The lowest BCUT2D eigenvalue weighted by atomic mass is 10.0. The maximum absolute atomic E-state index is 14.7. The van der Waals surface area contributed by atoms with Gasteiger partial charge in [-0.3, -0.25) is 9.36 Å². The van der Waals surface area contributed by atoms with Gasteiger partial charge in [0, 0.05) is 5.56 Å². The molecule has 128 valence electrons. The van der Waals surface area contributed by atoms with Gasteiger partial charge in [-0.15, -0.1) is 10.2 Å². The molecule has 2 aromatic carbocycles. The Morgan fingerprint density at radius 1 is 1.20 bits per heavy atom. The lowest BCUT2D eigenvalue weighted by Crippen LogP contribution is -2.14. The van der Waals surface area contributed by atoms with Crippen LogP contribution < -0.4 is 0 Å². The van der Waals surface area contributed by atoms with E-state index in [-0.39, 0.29) is 28.5 Å². The average Bonchev–Trinajstić information content (AvgIpc) is 3.00. The third kappa shape index (κ3) is 2.92. The Labute approximate surface area is 146 Å². The SMILES string of the molecule is Cc1nnc(CO)n1-c1c(C(=O)c2ccccc2)cc(Cl)c(F)c1F. The maximum atomic E-state index is 14.7. The molecular weight excluding hydrogens is 352 g/mol. The number of halogens is 3. The van der Waals surface area contributed by atoms with E-state index in [1.807, 2.05) is 0 Å². The lowest BCUT2D eigenvalue weighted by Gasteiger charge is -2.15. The fourth-order valence-corrected chi connectivity index (χ4v) is 2.71. The molecule has 25 heavy (non-hydrogen) atoms. The van der Waals surface area contributed by atoms with E-state index in [4.69, 9.17) is 11.6 Å². The summed E-state index contributed by atoms with van der Waals surface area (Å²) in [7, 11) is 0. The van der Waals surface area contributed by atoms with E-state index < -0.39 is 29.0 Å². The average molecular weight is 364 g/mol. The number of rotatable bonds is 4. The number of aryl methyl sites for hydroxylation is 1. The van der Waals surface area contributed by atoms with Gasteiger partial charge >= 0.3 is 0 Å². The Morgan fingerprint density at radius 3 is 2.52 bits per heavy atom. The standard InChI is InChI=1S/C17H12ClF2N3O2/c1-9-21-22-13(8-24)23(9)16-11(7-12(18)14(19)15(16)20)17(25)10-5-3-2-4-6-10/h2-7,24H,8H2,1H3. The van der Waals surface area contributed by atoms with Crippen molar-refractivity contribution in [2.75, 3.05) is 0 Å². The fourth-order valence-electron chi connectivity index (χ4n) is 2.52. The first-order chi connectivity index (χ1) is 12.0. The van der Waals surface area contributed by atoms with Crippen molar-refractivity contribution in [3.63, 3.8) is 0 Å². The second-order valence-corrected chi connectivity index (χ2v) is 5.64. The molecule has 1 heterocycles. The highest BCUT2D eigenvalue weighted by atomic mass is 35.5. The van der Waals surface area contributed by atoms with E-state index in [0.29, 0.717) is 0 Å². The molecule has 0 aliphatic heterocycles. The molecule has 0 spiro atoms. The molecule has 3 rings (SSSR count). The maximum Gasteiger partial charge on any atom is 0.195 e. The normalized spacial score (nSPS) is 10.9. The van der Waals surface area contributed by atoms with Crippen molar-refractivity contribution in [3.05, 3.63) is 75.8 Å². The number of aromatic nitrogens is 3. The smallest absolute Gasteiger partial charge is 0.195 e. The molecule has 1 N–H and O–H groups in total. The number of ketones is 1. The molecule has 0 unspecified atom stereocenters. The summed E-state index contributed by atoms with van der Waals surface area (Å²) in [4.78, 5) is 12.8. The minimum atomic E-state index is -1.32. The molecule has 0 atom stereocenters. The van der Waals surface area contributed by atoms with Gasteiger partial charge in [-0.25, -0.2) is 8.78 Å². The molecular formula is C17H12ClF2N3O2. The first-order valence-corrected chi connectivity index (χ1v) is 7.62. The number of hydrogen-bond acceptors (Lipinski definition) is 4. The molecule has 3 aromatic rings. The number of aliphatic hydroxyl groups excluding tert-OH is 1. The van der Waals surface area contributed by atoms with Crippen molar-refractivity contribution in [1.82, 2.24) is 14.8 Å². The molecule has 0 amide bonds. The topological polar surface area (TPSA) is 68.0 Å². The second kappa shape index (κ2) is 6.70. The fraction of sp³-hybridized carbons (Fsp3) is 0.118. The number of carbonyl (C=O) groups excluding carboxylic acids is 1. The molecule has 8 heteroatoms. The van der Waals surface area contributed by atoms with E-state index in [9.17, 15) is 18.7 Å². The third-order valence-corrected chi connectivity index (χ3v) is 3.95. The molecule has 0 bridgehead atoms. The van der Waals surface area contributed by atoms with E-state index in [2.05, 4.69) is 10.2 Å². The lowest BCUT2D eigenvalue weighted by molar-refractivity contribution is 0.103. The highest BCUT2D eigenvalue weighted by molar-refractivity contribution is 6.31. The summed E-state index contributed by atoms with van der Waals surface area (Å²) in [6.45, 7) is 0.929. The van der Waals surface area contributed by atoms with Gasteiger partial charge in [-0.2, -0.15) is 0 Å². The van der Waals surface area contributed by atoms with Crippen LogP contribution in [0.3, 0.4) is 0 Å². The zero-order valence-corrected chi connectivity index (χ0v) is 13.8. The Bertz CT molecular complexity index is 958. The summed E-state index contributed by atoms with van der Waals surface area (Å²) in [5, 5.41) is 16.3. The van der Waals surface area contributed by atoms with Gasteiger partial charge in [0.1, 0.15) is 12.4 Å². The van der Waals surface area contributed by atoms with Crippen LogP contribution in [0, 0.1) is 18.6 Å². The van der Waals surface area contributed by atoms with Gasteiger partial charge in [0.2, 0.25) is 0 Å². The van der Waals surface area contributed by atoms with Gasteiger partial charge in [-0.1, -0.05) is 41.9 Å². The third-order valence-electron chi connectivity index (χ3n) is 3.67. The van der Waals surface area contributed by atoms with Crippen LogP contribution in [0.5, 0.6) is 0 Å². The van der Waals surface area contributed by atoms with Crippen LogP contribution in [0.15, 0.2) is 36.4 Å². The summed E-state index contributed by atoms with van der Waals surface area (Å²) >= 11 is 5.74. The number of nitrogens with zero attached hydrogens (tertiary/aromatic N) is 3. The molecule has 0 aliphatic carbocycles.